The number of carbonyl (C=O) groups excluding carboxylic acids is 2. The Balaban J connectivity index is 2.12. The topological polar surface area (TPSA) is 101 Å². The van der Waals surface area contributed by atoms with Crippen LogP contribution in [0.3, 0.4) is 0 Å². The minimum Gasteiger partial charge on any atom is -0.351 e. The zero-order valence-electron chi connectivity index (χ0n) is 14.8. The Morgan fingerprint density at radius 3 is 2.48 bits per heavy atom. The monoisotopic (exact) mass is 358 g/mol. The molecule has 0 fully saturated rings. The molecule has 3 amide bonds. The number of para-hydroxylation sites is 1. The Morgan fingerprint density at radius 1 is 1.15 bits per heavy atom. The van der Waals surface area contributed by atoms with E-state index in [1.54, 1.807) is 0 Å². The number of aromatic nitrogens is 1. The van der Waals surface area contributed by atoms with Crippen LogP contribution in [-0.2, 0) is 11.3 Å². The number of rotatable bonds is 4. The molecule has 6 heteroatoms. The summed E-state index contributed by atoms with van der Waals surface area (Å²) in [5.41, 5.74) is 8.62. The Hall–Kier alpha value is -3.85. The van der Waals surface area contributed by atoms with E-state index in [1.165, 1.54) is 6.08 Å². The standard InChI is InChI=1S/C21H18N4O2/c1-14-18(11-16(12-22)20(26)24-21(23)27)17-9-5-6-10-19(17)25(14)13-15-7-3-2-4-8-15/h2-11H,13H2,1H3,(H3,23,24,26,27)/b16-11-. The molecule has 0 radical (unpaired) electrons. The molecule has 0 aliphatic rings. The van der Waals surface area contributed by atoms with Crippen molar-refractivity contribution < 1.29 is 9.59 Å². The molecule has 134 valence electrons. The van der Waals surface area contributed by atoms with E-state index in [-0.39, 0.29) is 5.57 Å². The molecule has 0 bridgehead atoms. The highest BCUT2D eigenvalue weighted by Crippen LogP contribution is 2.28. The molecule has 0 spiro atoms. The summed E-state index contributed by atoms with van der Waals surface area (Å²) in [5.74, 6) is -0.815. The highest BCUT2D eigenvalue weighted by Gasteiger charge is 2.16. The van der Waals surface area contributed by atoms with Crippen LogP contribution in [0.5, 0.6) is 0 Å². The minimum absolute atomic E-state index is 0.181. The number of amides is 3. The second-order valence-corrected chi connectivity index (χ2v) is 6.08. The summed E-state index contributed by atoms with van der Waals surface area (Å²) >= 11 is 0. The van der Waals surface area contributed by atoms with Crippen molar-refractivity contribution in [2.24, 2.45) is 5.73 Å². The molecule has 0 aliphatic heterocycles. The van der Waals surface area contributed by atoms with E-state index in [0.29, 0.717) is 6.54 Å². The van der Waals surface area contributed by atoms with Crippen molar-refractivity contribution in [3.8, 4) is 6.07 Å². The second-order valence-electron chi connectivity index (χ2n) is 6.08. The quantitative estimate of drug-likeness (QED) is 0.553. The van der Waals surface area contributed by atoms with Crippen molar-refractivity contribution >= 4 is 28.9 Å². The molecular weight excluding hydrogens is 340 g/mol. The van der Waals surface area contributed by atoms with Gasteiger partial charge in [0.05, 0.1) is 0 Å². The van der Waals surface area contributed by atoms with Gasteiger partial charge in [-0.25, -0.2) is 4.79 Å². The predicted octanol–water partition coefficient (Wildman–Crippen LogP) is 3.10. The Kier molecular flexibility index (Phi) is 5.04. The van der Waals surface area contributed by atoms with Crippen molar-refractivity contribution in [1.29, 1.82) is 5.26 Å². The number of fused-ring (bicyclic) bond motifs is 1. The number of nitriles is 1. The summed E-state index contributed by atoms with van der Waals surface area (Å²) in [6, 6.07) is 18.7. The van der Waals surface area contributed by atoms with Gasteiger partial charge in [0, 0.05) is 28.7 Å². The van der Waals surface area contributed by atoms with Crippen molar-refractivity contribution in [3.05, 3.63) is 77.0 Å². The molecule has 0 saturated carbocycles. The zero-order chi connectivity index (χ0) is 19.4. The van der Waals surface area contributed by atoms with Crippen LogP contribution in [0.15, 0.2) is 60.2 Å². The van der Waals surface area contributed by atoms with Crippen LogP contribution in [-0.4, -0.2) is 16.5 Å². The van der Waals surface area contributed by atoms with E-state index in [9.17, 15) is 14.9 Å². The summed E-state index contributed by atoms with van der Waals surface area (Å²) in [4.78, 5) is 22.9. The molecule has 3 rings (SSSR count). The fourth-order valence-corrected chi connectivity index (χ4v) is 3.08. The Bertz CT molecular complexity index is 1090. The van der Waals surface area contributed by atoms with Crippen LogP contribution in [0.25, 0.3) is 17.0 Å². The normalized spacial score (nSPS) is 11.2. The Morgan fingerprint density at radius 2 is 1.81 bits per heavy atom. The summed E-state index contributed by atoms with van der Waals surface area (Å²) in [5, 5.41) is 12.2. The lowest BCUT2D eigenvalue weighted by atomic mass is 10.1. The highest BCUT2D eigenvalue weighted by atomic mass is 16.2. The molecule has 3 N–H and O–H groups in total. The van der Waals surface area contributed by atoms with Crippen molar-refractivity contribution in [1.82, 2.24) is 9.88 Å². The summed E-state index contributed by atoms with van der Waals surface area (Å²) < 4.78 is 2.14. The SMILES string of the molecule is Cc1c(/C=C(/C#N)C(=O)NC(N)=O)c2ccccc2n1Cc1ccccc1. The van der Waals surface area contributed by atoms with Gasteiger partial charge in [-0.1, -0.05) is 48.5 Å². The van der Waals surface area contributed by atoms with Gasteiger partial charge >= 0.3 is 6.03 Å². The van der Waals surface area contributed by atoms with Crippen LogP contribution >= 0.6 is 0 Å². The molecule has 0 atom stereocenters. The summed E-state index contributed by atoms with van der Waals surface area (Å²) in [6.07, 6.45) is 1.50. The van der Waals surface area contributed by atoms with E-state index in [4.69, 9.17) is 5.73 Å². The fourth-order valence-electron chi connectivity index (χ4n) is 3.08. The van der Waals surface area contributed by atoms with Gasteiger partial charge < -0.3 is 10.3 Å². The summed E-state index contributed by atoms with van der Waals surface area (Å²) in [7, 11) is 0. The molecular formula is C21H18N4O2. The zero-order valence-corrected chi connectivity index (χ0v) is 14.8. The Labute approximate surface area is 156 Å². The smallest absolute Gasteiger partial charge is 0.319 e. The lowest BCUT2D eigenvalue weighted by Crippen LogP contribution is -2.35. The van der Waals surface area contributed by atoms with Crippen LogP contribution < -0.4 is 11.1 Å². The highest BCUT2D eigenvalue weighted by molar-refractivity contribution is 6.10. The van der Waals surface area contributed by atoms with Gasteiger partial charge in [0.15, 0.2) is 0 Å². The number of nitrogens with zero attached hydrogens (tertiary/aromatic N) is 2. The number of hydrogen-bond acceptors (Lipinski definition) is 3. The van der Waals surface area contributed by atoms with E-state index in [1.807, 2.05) is 72.9 Å². The van der Waals surface area contributed by atoms with Crippen molar-refractivity contribution in [3.63, 3.8) is 0 Å². The predicted molar refractivity (Wildman–Crippen MR) is 104 cm³/mol. The molecule has 1 heterocycles. The van der Waals surface area contributed by atoms with Crippen molar-refractivity contribution in [2.45, 2.75) is 13.5 Å². The van der Waals surface area contributed by atoms with Crippen LogP contribution in [0.1, 0.15) is 16.8 Å². The third kappa shape index (κ3) is 3.72. The molecule has 0 aliphatic carbocycles. The van der Waals surface area contributed by atoms with Gasteiger partial charge in [-0.05, 0) is 24.6 Å². The maximum atomic E-state index is 12.0. The van der Waals surface area contributed by atoms with E-state index in [2.05, 4.69) is 4.57 Å². The third-order valence-corrected chi connectivity index (χ3v) is 4.35. The molecule has 1 aromatic heterocycles. The van der Waals surface area contributed by atoms with Crippen molar-refractivity contribution in [2.75, 3.05) is 0 Å². The number of nitrogens with one attached hydrogen (secondary N) is 1. The van der Waals surface area contributed by atoms with E-state index in [0.717, 1.165) is 27.7 Å². The van der Waals surface area contributed by atoms with E-state index < -0.39 is 11.9 Å². The van der Waals surface area contributed by atoms with E-state index >= 15 is 0 Å². The molecule has 0 unspecified atom stereocenters. The maximum absolute atomic E-state index is 12.0. The molecule has 2 aromatic carbocycles. The number of primary amides is 1. The molecule has 3 aromatic rings. The minimum atomic E-state index is -0.996. The first-order valence-electron chi connectivity index (χ1n) is 8.35. The summed E-state index contributed by atoms with van der Waals surface area (Å²) in [6.45, 7) is 2.60. The maximum Gasteiger partial charge on any atom is 0.319 e. The first-order chi connectivity index (χ1) is 13.0. The lowest BCUT2D eigenvalue weighted by Gasteiger charge is -2.08. The fraction of sp³-hybridized carbons (Fsp3) is 0.0952. The second kappa shape index (κ2) is 7.58. The third-order valence-electron chi connectivity index (χ3n) is 4.35. The molecule has 6 nitrogen and oxygen atoms in total. The van der Waals surface area contributed by atoms with Gasteiger partial charge in [0.1, 0.15) is 11.6 Å². The first kappa shape index (κ1) is 18.0. The molecule has 0 saturated heterocycles. The van der Waals surface area contributed by atoms with Gasteiger partial charge in [-0.3, -0.25) is 10.1 Å². The number of imide groups is 1. The number of carbonyl (C=O) groups is 2. The van der Waals surface area contributed by atoms with Gasteiger partial charge in [-0.15, -0.1) is 0 Å². The number of hydrogen-bond donors (Lipinski definition) is 2. The lowest BCUT2D eigenvalue weighted by molar-refractivity contribution is -0.115. The van der Waals surface area contributed by atoms with Crippen LogP contribution in [0.2, 0.25) is 0 Å². The van der Waals surface area contributed by atoms with Gasteiger partial charge in [0.25, 0.3) is 5.91 Å². The van der Waals surface area contributed by atoms with Gasteiger partial charge in [0.2, 0.25) is 0 Å². The largest absolute Gasteiger partial charge is 0.351 e. The number of urea groups is 1. The average molecular weight is 358 g/mol. The van der Waals surface area contributed by atoms with Crippen LogP contribution in [0, 0.1) is 18.3 Å². The molecule has 27 heavy (non-hydrogen) atoms. The number of benzene rings is 2. The van der Waals surface area contributed by atoms with Crippen LogP contribution in [0.4, 0.5) is 4.79 Å². The average Bonchev–Trinajstić information content (AvgIpc) is 2.91. The number of nitrogens with two attached hydrogens (primary N) is 1. The first-order valence-corrected chi connectivity index (χ1v) is 8.35. The van der Waals surface area contributed by atoms with Gasteiger partial charge in [-0.2, -0.15) is 5.26 Å².